The van der Waals surface area contributed by atoms with E-state index >= 15 is 0 Å². The van der Waals surface area contributed by atoms with Gasteiger partial charge in [-0.1, -0.05) is 29.8 Å². The van der Waals surface area contributed by atoms with Gasteiger partial charge in [0, 0.05) is 15.9 Å². The Morgan fingerprint density at radius 2 is 1.94 bits per heavy atom. The van der Waals surface area contributed by atoms with E-state index in [2.05, 4.69) is 22.9 Å². The molecule has 90 valence electrons. The molecule has 1 unspecified atom stereocenters. The van der Waals surface area contributed by atoms with E-state index < -0.39 is 0 Å². The summed E-state index contributed by atoms with van der Waals surface area (Å²) in [6.45, 7) is 0. The molecule has 1 atom stereocenters. The third kappa shape index (κ3) is 3.82. The number of hydrogen-bond donors (Lipinski definition) is 2. The van der Waals surface area contributed by atoms with Crippen LogP contribution in [0.25, 0.3) is 0 Å². The number of hydrazine groups is 1. The van der Waals surface area contributed by atoms with Crippen molar-refractivity contribution in [1.82, 2.24) is 5.43 Å². The zero-order chi connectivity index (χ0) is 12.1. The van der Waals surface area contributed by atoms with Crippen LogP contribution in [0.5, 0.6) is 0 Å². The third-order valence-electron chi connectivity index (χ3n) is 2.66. The van der Waals surface area contributed by atoms with Crippen LogP contribution in [-0.4, -0.2) is 6.04 Å². The molecule has 1 aromatic heterocycles. The van der Waals surface area contributed by atoms with Crippen molar-refractivity contribution in [1.29, 1.82) is 0 Å². The second-order valence-corrected chi connectivity index (χ2v) is 5.45. The average molecular weight is 267 g/mol. The van der Waals surface area contributed by atoms with Gasteiger partial charge in [0.1, 0.15) is 0 Å². The van der Waals surface area contributed by atoms with E-state index in [0.717, 1.165) is 17.9 Å². The predicted molar refractivity (Wildman–Crippen MR) is 74.3 cm³/mol. The zero-order valence-corrected chi connectivity index (χ0v) is 11.0. The van der Waals surface area contributed by atoms with Crippen LogP contribution in [0.15, 0.2) is 41.8 Å². The molecule has 0 fully saturated rings. The van der Waals surface area contributed by atoms with Gasteiger partial charge in [-0.25, -0.2) is 0 Å². The first-order valence-electron chi connectivity index (χ1n) is 5.51. The minimum Gasteiger partial charge on any atom is -0.271 e. The first kappa shape index (κ1) is 12.6. The summed E-state index contributed by atoms with van der Waals surface area (Å²) in [6, 6.07) is 12.4. The number of halogens is 1. The van der Waals surface area contributed by atoms with Gasteiger partial charge in [-0.3, -0.25) is 11.3 Å². The van der Waals surface area contributed by atoms with Gasteiger partial charge in [0.25, 0.3) is 0 Å². The Morgan fingerprint density at radius 3 is 2.53 bits per heavy atom. The molecule has 0 aliphatic heterocycles. The molecule has 3 N–H and O–H groups in total. The summed E-state index contributed by atoms with van der Waals surface area (Å²) in [5, 5.41) is 2.86. The second kappa shape index (κ2) is 6.17. The normalized spacial score (nSPS) is 12.6. The van der Waals surface area contributed by atoms with E-state index in [-0.39, 0.29) is 6.04 Å². The lowest BCUT2D eigenvalue weighted by atomic mass is 10.0. The van der Waals surface area contributed by atoms with Crippen LogP contribution in [0.3, 0.4) is 0 Å². The Kier molecular flexibility index (Phi) is 4.57. The highest BCUT2D eigenvalue weighted by Crippen LogP contribution is 2.15. The molecule has 0 spiro atoms. The summed E-state index contributed by atoms with van der Waals surface area (Å²) in [4.78, 5) is 1.35. The van der Waals surface area contributed by atoms with E-state index in [1.54, 1.807) is 11.3 Å². The average Bonchev–Trinajstić information content (AvgIpc) is 2.84. The molecule has 0 radical (unpaired) electrons. The number of nitrogens with two attached hydrogens (primary N) is 1. The summed E-state index contributed by atoms with van der Waals surface area (Å²) in [5.41, 5.74) is 4.12. The Morgan fingerprint density at radius 1 is 1.18 bits per heavy atom. The van der Waals surface area contributed by atoms with Crippen molar-refractivity contribution in [2.24, 2.45) is 5.84 Å². The standard InChI is InChI=1S/C13H15ClN2S/c14-11-5-3-10(4-6-11)8-12(16-15)9-13-2-1-7-17-13/h1-7,12,16H,8-9,15H2. The molecule has 1 heterocycles. The van der Waals surface area contributed by atoms with E-state index in [4.69, 9.17) is 17.4 Å². The van der Waals surface area contributed by atoms with Crippen LogP contribution < -0.4 is 11.3 Å². The summed E-state index contributed by atoms with van der Waals surface area (Å²) in [5.74, 6) is 5.60. The fourth-order valence-corrected chi connectivity index (χ4v) is 2.68. The zero-order valence-electron chi connectivity index (χ0n) is 9.40. The van der Waals surface area contributed by atoms with Crippen LogP contribution in [0.2, 0.25) is 5.02 Å². The number of thiophene rings is 1. The molecule has 0 saturated heterocycles. The highest BCUT2D eigenvalue weighted by atomic mass is 35.5. The van der Waals surface area contributed by atoms with Crippen molar-refractivity contribution in [2.45, 2.75) is 18.9 Å². The van der Waals surface area contributed by atoms with Gasteiger partial charge in [-0.05, 0) is 42.0 Å². The van der Waals surface area contributed by atoms with E-state index in [9.17, 15) is 0 Å². The minimum absolute atomic E-state index is 0.259. The van der Waals surface area contributed by atoms with E-state index in [0.29, 0.717) is 0 Å². The number of nitrogens with one attached hydrogen (secondary N) is 1. The van der Waals surface area contributed by atoms with Crippen molar-refractivity contribution in [3.8, 4) is 0 Å². The van der Waals surface area contributed by atoms with Crippen LogP contribution in [-0.2, 0) is 12.8 Å². The number of rotatable bonds is 5. The lowest BCUT2D eigenvalue weighted by molar-refractivity contribution is 0.526. The quantitative estimate of drug-likeness (QED) is 0.645. The molecule has 2 nitrogen and oxygen atoms in total. The number of hydrogen-bond acceptors (Lipinski definition) is 3. The molecule has 17 heavy (non-hydrogen) atoms. The summed E-state index contributed by atoms with van der Waals surface area (Å²) in [6.07, 6.45) is 1.86. The van der Waals surface area contributed by atoms with Gasteiger partial charge in [-0.2, -0.15) is 0 Å². The van der Waals surface area contributed by atoms with Gasteiger partial charge in [0.2, 0.25) is 0 Å². The van der Waals surface area contributed by atoms with Crippen LogP contribution in [0.1, 0.15) is 10.4 Å². The van der Waals surface area contributed by atoms with Crippen LogP contribution in [0, 0.1) is 0 Å². The maximum Gasteiger partial charge on any atom is 0.0406 e. The number of benzene rings is 1. The first-order valence-corrected chi connectivity index (χ1v) is 6.76. The van der Waals surface area contributed by atoms with Crippen LogP contribution >= 0.6 is 22.9 Å². The van der Waals surface area contributed by atoms with Crippen molar-refractivity contribution >= 4 is 22.9 Å². The first-order chi connectivity index (χ1) is 8.28. The summed E-state index contributed by atoms with van der Waals surface area (Å²) < 4.78 is 0. The molecule has 0 aliphatic carbocycles. The van der Waals surface area contributed by atoms with E-state index in [1.165, 1.54) is 10.4 Å². The van der Waals surface area contributed by atoms with Crippen molar-refractivity contribution in [2.75, 3.05) is 0 Å². The Hall–Kier alpha value is -0.870. The highest BCUT2D eigenvalue weighted by Gasteiger charge is 2.09. The fraction of sp³-hybridized carbons (Fsp3) is 0.231. The van der Waals surface area contributed by atoms with Gasteiger partial charge in [0.05, 0.1) is 0 Å². The lowest BCUT2D eigenvalue weighted by Gasteiger charge is -2.15. The Bertz CT molecular complexity index is 439. The topological polar surface area (TPSA) is 38.0 Å². The molecule has 4 heteroatoms. The maximum absolute atomic E-state index is 5.86. The van der Waals surface area contributed by atoms with Gasteiger partial charge in [0.15, 0.2) is 0 Å². The molecule has 0 aliphatic rings. The van der Waals surface area contributed by atoms with Crippen molar-refractivity contribution in [3.63, 3.8) is 0 Å². The fourth-order valence-electron chi connectivity index (χ4n) is 1.77. The molecule has 2 rings (SSSR count). The smallest absolute Gasteiger partial charge is 0.0406 e. The monoisotopic (exact) mass is 266 g/mol. The minimum atomic E-state index is 0.259. The van der Waals surface area contributed by atoms with E-state index in [1.807, 2.05) is 24.3 Å². The molecule has 1 aromatic carbocycles. The molecule has 0 bridgehead atoms. The van der Waals surface area contributed by atoms with Gasteiger partial charge >= 0.3 is 0 Å². The van der Waals surface area contributed by atoms with Crippen molar-refractivity contribution in [3.05, 3.63) is 57.2 Å². The summed E-state index contributed by atoms with van der Waals surface area (Å²) in [7, 11) is 0. The van der Waals surface area contributed by atoms with Gasteiger partial charge < -0.3 is 0 Å². The Labute approximate surface area is 110 Å². The molecule has 0 saturated carbocycles. The lowest BCUT2D eigenvalue weighted by Crippen LogP contribution is -2.38. The highest BCUT2D eigenvalue weighted by molar-refractivity contribution is 7.09. The second-order valence-electron chi connectivity index (χ2n) is 3.98. The molecule has 2 aromatic rings. The van der Waals surface area contributed by atoms with Crippen LogP contribution in [0.4, 0.5) is 0 Å². The Balaban J connectivity index is 1.97. The third-order valence-corrected chi connectivity index (χ3v) is 3.81. The predicted octanol–water partition coefficient (Wildman–Crippen LogP) is 3.02. The largest absolute Gasteiger partial charge is 0.271 e. The SMILES string of the molecule is NNC(Cc1ccc(Cl)cc1)Cc1cccs1. The molecular weight excluding hydrogens is 252 g/mol. The summed E-state index contributed by atoms with van der Waals surface area (Å²) >= 11 is 7.62. The van der Waals surface area contributed by atoms with Crippen molar-refractivity contribution < 1.29 is 0 Å². The molecular formula is C13H15ClN2S. The molecule has 0 amide bonds. The maximum atomic E-state index is 5.86. The van der Waals surface area contributed by atoms with Gasteiger partial charge in [-0.15, -0.1) is 11.3 Å².